The van der Waals surface area contributed by atoms with Gasteiger partial charge in [0.25, 0.3) is 0 Å². The molecule has 0 radical (unpaired) electrons. The summed E-state index contributed by atoms with van der Waals surface area (Å²) in [6.45, 7) is 4.37. The molecule has 126 valence electrons. The lowest BCUT2D eigenvalue weighted by atomic mass is 10.1. The molecule has 0 bridgehead atoms. The van der Waals surface area contributed by atoms with Gasteiger partial charge in [-0.2, -0.15) is 0 Å². The third-order valence-electron chi connectivity index (χ3n) is 3.92. The van der Waals surface area contributed by atoms with Crippen LogP contribution >= 0.6 is 22.7 Å². The van der Waals surface area contributed by atoms with Crippen molar-refractivity contribution in [3.8, 4) is 5.75 Å². The van der Waals surface area contributed by atoms with E-state index in [1.807, 2.05) is 30.3 Å². The fourth-order valence-electron chi connectivity index (χ4n) is 2.62. The summed E-state index contributed by atoms with van der Waals surface area (Å²) in [6.07, 6.45) is 5.70. The molecule has 24 heavy (non-hydrogen) atoms. The summed E-state index contributed by atoms with van der Waals surface area (Å²) in [7, 11) is 0. The molecule has 0 saturated heterocycles. The predicted octanol–water partition coefficient (Wildman–Crippen LogP) is 6.48. The number of aryl methyl sites for hydroxylation is 2. The third-order valence-corrected chi connectivity index (χ3v) is 6.35. The lowest BCUT2D eigenvalue weighted by Gasteiger charge is -2.04. The van der Waals surface area contributed by atoms with Crippen LogP contribution in [0.3, 0.4) is 0 Å². The lowest BCUT2D eigenvalue weighted by molar-refractivity contribution is 0.0740. The number of carbonyl (C=O) groups is 1. The maximum absolute atomic E-state index is 12.3. The van der Waals surface area contributed by atoms with Crippen LogP contribution in [0.5, 0.6) is 5.75 Å². The minimum Gasteiger partial charge on any atom is -0.422 e. The van der Waals surface area contributed by atoms with Gasteiger partial charge in [-0.25, -0.2) is 4.79 Å². The zero-order valence-corrected chi connectivity index (χ0v) is 15.8. The van der Waals surface area contributed by atoms with E-state index in [1.54, 1.807) is 11.3 Å². The number of hydrogen-bond donors (Lipinski definition) is 0. The monoisotopic (exact) mass is 358 g/mol. The summed E-state index contributed by atoms with van der Waals surface area (Å²) in [5.74, 6) is 0.352. The van der Waals surface area contributed by atoms with Crippen molar-refractivity contribution in [3.63, 3.8) is 0 Å². The molecule has 0 N–H and O–H groups in total. The number of fused-ring (bicyclic) bond motifs is 1. The van der Waals surface area contributed by atoms with Crippen LogP contribution in [0.4, 0.5) is 0 Å². The van der Waals surface area contributed by atoms with Crippen molar-refractivity contribution in [2.45, 2.75) is 46.0 Å². The van der Waals surface area contributed by atoms with Crippen molar-refractivity contribution in [3.05, 3.63) is 51.7 Å². The van der Waals surface area contributed by atoms with Crippen LogP contribution in [0.1, 0.15) is 53.2 Å². The van der Waals surface area contributed by atoms with Gasteiger partial charge in [0, 0.05) is 10.3 Å². The average Bonchev–Trinajstić information content (AvgIpc) is 3.13. The molecule has 2 heterocycles. The molecular formula is C20H22O2S2. The van der Waals surface area contributed by atoms with E-state index in [-0.39, 0.29) is 5.97 Å². The highest BCUT2D eigenvalue weighted by atomic mass is 32.2. The van der Waals surface area contributed by atoms with Crippen LogP contribution in [-0.2, 0) is 12.8 Å². The summed E-state index contributed by atoms with van der Waals surface area (Å²) in [5, 5.41) is 1.16. The molecular weight excluding hydrogens is 336 g/mol. The molecule has 0 spiro atoms. The Hall–Kier alpha value is -1.65. The molecule has 2 aromatic heterocycles. The first-order chi connectivity index (χ1) is 11.7. The first-order valence-electron chi connectivity index (χ1n) is 8.53. The average molecular weight is 359 g/mol. The van der Waals surface area contributed by atoms with Crippen LogP contribution in [0, 0.1) is 0 Å². The van der Waals surface area contributed by atoms with E-state index in [0.29, 0.717) is 10.6 Å². The van der Waals surface area contributed by atoms with Gasteiger partial charge in [-0.1, -0.05) is 38.8 Å². The zero-order valence-electron chi connectivity index (χ0n) is 14.1. The van der Waals surface area contributed by atoms with E-state index in [2.05, 4.69) is 19.9 Å². The second-order valence-electron chi connectivity index (χ2n) is 5.95. The number of hydrogen-bond acceptors (Lipinski definition) is 4. The molecule has 3 aromatic rings. The minimum absolute atomic E-state index is 0.262. The molecule has 4 heteroatoms. The molecule has 0 aliphatic rings. The van der Waals surface area contributed by atoms with Crippen molar-refractivity contribution >= 4 is 38.0 Å². The van der Waals surface area contributed by atoms with Crippen LogP contribution < -0.4 is 4.74 Å². The molecule has 0 amide bonds. The molecule has 2 nitrogen and oxygen atoms in total. The summed E-state index contributed by atoms with van der Waals surface area (Å²) in [6, 6.07) is 12.0. The van der Waals surface area contributed by atoms with Crippen molar-refractivity contribution in [2.75, 3.05) is 0 Å². The van der Waals surface area contributed by atoms with Crippen molar-refractivity contribution in [1.29, 1.82) is 0 Å². The molecule has 0 fully saturated rings. The standard InChI is InChI=1S/C20H22O2S2/c1-3-5-7-14-8-10-16(11-9-14)22-19(21)18-13-15-12-17(6-4-2)23-20(15)24-18/h8-13H,3-7H2,1-2H3. The Morgan fingerprint density at radius 1 is 1.00 bits per heavy atom. The minimum atomic E-state index is -0.262. The van der Waals surface area contributed by atoms with Gasteiger partial charge in [0.05, 0.1) is 4.01 Å². The van der Waals surface area contributed by atoms with Crippen LogP contribution in [-0.4, -0.2) is 5.97 Å². The number of benzene rings is 1. The van der Waals surface area contributed by atoms with Gasteiger partial charge < -0.3 is 4.74 Å². The lowest BCUT2D eigenvalue weighted by Crippen LogP contribution is -2.06. The smallest absolute Gasteiger partial charge is 0.353 e. The van der Waals surface area contributed by atoms with Gasteiger partial charge in [-0.05, 0) is 49.1 Å². The van der Waals surface area contributed by atoms with Gasteiger partial charge in [0.15, 0.2) is 0 Å². The molecule has 0 aliphatic carbocycles. The largest absolute Gasteiger partial charge is 0.422 e. The summed E-state index contributed by atoms with van der Waals surface area (Å²) in [4.78, 5) is 14.4. The summed E-state index contributed by atoms with van der Waals surface area (Å²) >= 11 is 3.32. The van der Waals surface area contributed by atoms with E-state index in [1.165, 1.54) is 38.6 Å². The zero-order chi connectivity index (χ0) is 16.9. The molecule has 0 unspecified atom stereocenters. The summed E-state index contributed by atoms with van der Waals surface area (Å²) < 4.78 is 6.72. The van der Waals surface area contributed by atoms with Crippen molar-refractivity contribution in [1.82, 2.24) is 0 Å². The Labute approximate surface area is 151 Å². The highest BCUT2D eigenvalue weighted by Gasteiger charge is 2.14. The highest BCUT2D eigenvalue weighted by molar-refractivity contribution is 7.39. The Bertz CT molecular complexity index is 780. The van der Waals surface area contributed by atoms with E-state index >= 15 is 0 Å². The molecule has 0 atom stereocenters. The Morgan fingerprint density at radius 2 is 1.79 bits per heavy atom. The van der Waals surface area contributed by atoms with E-state index in [0.717, 1.165) is 24.6 Å². The van der Waals surface area contributed by atoms with Crippen molar-refractivity contribution < 1.29 is 9.53 Å². The predicted molar refractivity (Wildman–Crippen MR) is 104 cm³/mol. The Balaban J connectivity index is 1.66. The Morgan fingerprint density at radius 3 is 2.46 bits per heavy atom. The quantitative estimate of drug-likeness (QED) is 0.357. The van der Waals surface area contributed by atoms with E-state index in [4.69, 9.17) is 4.74 Å². The fourth-order valence-corrected chi connectivity index (χ4v) is 5.09. The maximum Gasteiger partial charge on any atom is 0.353 e. The third kappa shape index (κ3) is 4.05. The molecule has 0 saturated carbocycles. The van der Waals surface area contributed by atoms with Crippen LogP contribution in [0.15, 0.2) is 36.4 Å². The summed E-state index contributed by atoms with van der Waals surface area (Å²) in [5.41, 5.74) is 1.29. The van der Waals surface area contributed by atoms with Crippen LogP contribution in [0.25, 0.3) is 9.40 Å². The second-order valence-corrected chi connectivity index (χ2v) is 8.40. The number of thiophene rings is 2. The van der Waals surface area contributed by atoms with Gasteiger partial charge >= 0.3 is 5.97 Å². The fraction of sp³-hybridized carbons (Fsp3) is 0.350. The highest BCUT2D eigenvalue weighted by Crippen LogP contribution is 2.34. The number of rotatable bonds is 7. The van der Waals surface area contributed by atoms with Gasteiger partial charge in [-0.15, -0.1) is 22.7 Å². The SMILES string of the molecule is CCCCc1ccc(OC(=O)c2cc3cc(CCC)sc3s2)cc1. The van der Waals surface area contributed by atoms with Gasteiger partial charge in [-0.3, -0.25) is 0 Å². The number of esters is 1. The first-order valence-corrected chi connectivity index (χ1v) is 10.2. The topological polar surface area (TPSA) is 26.3 Å². The number of unbranched alkanes of at least 4 members (excludes halogenated alkanes) is 1. The maximum atomic E-state index is 12.3. The second kappa shape index (κ2) is 7.95. The Kier molecular flexibility index (Phi) is 5.69. The first kappa shape index (κ1) is 17.2. The molecule has 3 rings (SSSR count). The number of ether oxygens (including phenoxy) is 1. The van der Waals surface area contributed by atoms with Crippen LogP contribution in [0.2, 0.25) is 0 Å². The van der Waals surface area contributed by atoms with Gasteiger partial charge in [0.1, 0.15) is 10.6 Å². The van der Waals surface area contributed by atoms with Crippen molar-refractivity contribution in [2.24, 2.45) is 0 Å². The van der Waals surface area contributed by atoms with E-state index < -0.39 is 0 Å². The normalized spacial score (nSPS) is 11.1. The van der Waals surface area contributed by atoms with E-state index in [9.17, 15) is 4.79 Å². The number of carbonyl (C=O) groups excluding carboxylic acids is 1. The molecule has 0 aliphatic heterocycles. The molecule has 1 aromatic carbocycles. The van der Waals surface area contributed by atoms with Gasteiger partial charge in [0.2, 0.25) is 0 Å².